The molecule has 172 valence electrons. The highest BCUT2D eigenvalue weighted by molar-refractivity contribution is 5.93. The van der Waals surface area contributed by atoms with Crippen molar-refractivity contribution in [3.8, 4) is 23.1 Å². The Bertz CT molecular complexity index is 1380. The SMILES string of the molecule is COC(=O)c1cc(NC(=O)OCc2ccccc2)nc(-c2ccc(C#Cc3cccnc3)cc2)c1. The summed E-state index contributed by atoms with van der Waals surface area (Å²) in [5.41, 5.74) is 3.95. The molecule has 4 rings (SSSR count). The van der Waals surface area contributed by atoms with Gasteiger partial charge in [-0.25, -0.2) is 14.6 Å². The van der Waals surface area contributed by atoms with Gasteiger partial charge in [-0.2, -0.15) is 0 Å². The number of esters is 1. The van der Waals surface area contributed by atoms with E-state index in [0.717, 1.165) is 22.3 Å². The second-order valence-corrected chi connectivity index (χ2v) is 7.37. The van der Waals surface area contributed by atoms with Crippen molar-refractivity contribution in [2.24, 2.45) is 0 Å². The van der Waals surface area contributed by atoms with Crippen molar-refractivity contribution in [3.63, 3.8) is 0 Å². The summed E-state index contributed by atoms with van der Waals surface area (Å²) in [5.74, 6) is 5.76. The fraction of sp³-hybridized carbons (Fsp3) is 0.0714. The first kappa shape index (κ1) is 23.2. The zero-order chi connectivity index (χ0) is 24.5. The first-order valence-electron chi connectivity index (χ1n) is 10.7. The third kappa shape index (κ3) is 6.53. The molecule has 0 bridgehead atoms. The van der Waals surface area contributed by atoms with Crippen LogP contribution in [0.4, 0.5) is 10.6 Å². The number of ether oxygens (including phenoxy) is 2. The van der Waals surface area contributed by atoms with Crippen LogP contribution in [0.5, 0.6) is 0 Å². The molecule has 4 aromatic rings. The lowest BCUT2D eigenvalue weighted by Gasteiger charge is -2.10. The van der Waals surface area contributed by atoms with Crippen LogP contribution in [-0.4, -0.2) is 29.1 Å². The zero-order valence-corrected chi connectivity index (χ0v) is 18.9. The monoisotopic (exact) mass is 463 g/mol. The average Bonchev–Trinajstić information content (AvgIpc) is 2.91. The van der Waals surface area contributed by atoms with Crippen molar-refractivity contribution in [2.75, 3.05) is 12.4 Å². The number of carbonyl (C=O) groups excluding carboxylic acids is 2. The van der Waals surface area contributed by atoms with Crippen molar-refractivity contribution in [2.45, 2.75) is 6.61 Å². The number of nitrogens with zero attached hydrogens (tertiary/aromatic N) is 2. The van der Waals surface area contributed by atoms with Gasteiger partial charge in [0.2, 0.25) is 0 Å². The van der Waals surface area contributed by atoms with Gasteiger partial charge in [0.15, 0.2) is 0 Å². The predicted octanol–water partition coefficient (Wildman–Crippen LogP) is 5.08. The number of hydrogen-bond donors (Lipinski definition) is 1. The Morgan fingerprint density at radius 1 is 0.914 bits per heavy atom. The predicted molar refractivity (Wildman–Crippen MR) is 131 cm³/mol. The highest BCUT2D eigenvalue weighted by Crippen LogP contribution is 2.22. The third-order valence-electron chi connectivity index (χ3n) is 4.88. The average molecular weight is 463 g/mol. The fourth-order valence-corrected chi connectivity index (χ4v) is 3.15. The van der Waals surface area contributed by atoms with Gasteiger partial charge in [-0.3, -0.25) is 10.3 Å². The standard InChI is InChI=1S/C28H21N3O4/c1-34-27(32)24-16-25(23-13-11-20(12-14-23)9-10-21-8-5-15-29-18-21)30-26(17-24)31-28(33)35-19-22-6-3-2-4-7-22/h2-8,11-18H,19H2,1H3,(H,30,31,33). The topological polar surface area (TPSA) is 90.4 Å². The molecule has 0 unspecified atom stereocenters. The summed E-state index contributed by atoms with van der Waals surface area (Å²) >= 11 is 0. The molecule has 0 aliphatic rings. The van der Waals surface area contributed by atoms with Gasteiger partial charge >= 0.3 is 12.1 Å². The molecule has 2 heterocycles. The number of anilines is 1. The summed E-state index contributed by atoms with van der Waals surface area (Å²) in [6.07, 6.45) is 2.71. The number of aromatic nitrogens is 2. The first-order valence-corrected chi connectivity index (χ1v) is 10.7. The second kappa shape index (κ2) is 11.3. The Morgan fingerprint density at radius 3 is 2.40 bits per heavy atom. The van der Waals surface area contributed by atoms with Crippen molar-refractivity contribution >= 4 is 17.9 Å². The molecule has 0 aliphatic heterocycles. The molecular weight excluding hydrogens is 442 g/mol. The van der Waals surface area contributed by atoms with Crippen LogP contribution < -0.4 is 5.32 Å². The summed E-state index contributed by atoms with van der Waals surface area (Å²) in [5, 5.41) is 2.58. The van der Waals surface area contributed by atoms with Gasteiger partial charge in [-0.1, -0.05) is 54.3 Å². The number of benzene rings is 2. The molecule has 0 fully saturated rings. The zero-order valence-electron chi connectivity index (χ0n) is 18.9. The number of carbonyl (C=O) groups is 2. The van der Waals surface area contributed by atoms with Gasteiger partial charge in [-0.15, -0.1) is 0 Å². The Labute approximate surface area is 202 Å². The van der Waals surface area contributed by atoms with E-state index in [1.807, 2.05) is 66.7 Å². The van der Waals surface area contributed by atoms with E-state index in [1.165, 1.54) is 13.2 Å². The minimum absolute atomic E-state index is 0.109. The van der Waals surface area contributed by atoms with E-state index in [-0.39, 0.29) is 18.0 Å². The fourth-order valence-electron chi connectivity index (χ4n) is 3.15. The van der Waals surface area contributed by atoms with Crippen LogP contribution in [-0.2, 0) is 16.1 Å². The van der Waals surface area contributed by atoms with E-state index >= 15 is 0 Å². The summed E-state index contributed by atoms with van der Waals surface area (Å²) in [6.45, 7) is 0.109. The van der Waals surface area contributed by atoms with Gasteiger partial charge in [-0.05, 0) is 42.0 Å². The lowest BCUT2D eigenvalue weighted by molar-refractivity contribution is 0.0600. The summed E-state index contributed by atoms with van der Waals surface area (Å²) in [4.78, 5) is 33.0. The molecule has 2 aromatic heterocycles. The molecule has 2 aromatic carbocycles. The third-order valence-corrected chi connectivity index (χ3v) is 4.88. The largest absolute Gasteiger partial charge is 0.465 e. The van der Waals surface area contributed by atoms with E-state index < -0.39 is 12.1 Å². The van der Waals surface area contributed by atoms with Gasteiger partial charge in [0, 0.05) is 29.1 Å². The van der Waals surface area contributed by atoms with Crippen molar-refractivity contribution in [1.29, 1.82) is 0 Å². The number of pyridine rings is 2. The quantitative estimate of drug-likeness (QED) is 0.328. The maximum Gasteiger partial charge on any atom is 0.413 e. The van der Waals surface area contributed by atoms with E-state index in [0.29, 0.717) is 5.69 Å². The molecule has 0 saturated carbocycles. The lowest BCUT2D eigenvalue weighted by Crippen LogP contribution is -2.15. The first-order chi connectivity index (χ1) is 17.1. The van der Waals surface area contributed by atoms with Gasteiger partial charge in [0.05, 0.1) is 18.4 Å². The van der Waals surface area contributed by atoms with Crippen LogP contribution in [0, 0.1) is 11.8 Å². The maximum atomic E-state index is 12.3. The Balaban J connectivity index is 1.53. The molecular formula is C28H21N3O4. The summed E-state index contributed by atoms with van der Waals surface area (Å²) in [6, 6.07) is 23.5. The molecule has 7 nitrogen and oxygen atoms in total. The van der Waals surface area contributed by atoms with Crippen LogP contribution in [0.25, 0.3) is 11.3 Å². The van der Waals surface area contributed by atoms with Gasteiger partial charge < -0.3 is 9.47 Å². The molecule has 35 heavy (non-hydrogen) atoms. The molecule has 0 saturated heterocycles. The van der Waals surface area contributed by atoms with Crippen LogP contribution in [0.2, 0.25) is 0 Å². The smallest absolute Gasteiger partial charge is 0.413 e. The number of methoxy groups -OCH3 is 1. The highest BCUT2D eigenvalue weighted by Gasteiger charge is 2.14. The molecule has 1 amide bonds. The van der Waals surface area contributed by atoms with Crippen LogP contribution in [0.1, 0.15) is 27.0 Å². The van der Waals surface area contributed by atoms with Crippen molar-refractivity contribution in [1.82, 2.24) is 9.97 Å². The van der Waals surface area contributed by atoms with Crippen LogP contribution >= 0.6 is 0 Å². The Morgan fingerprint density at radius 2 is 1.69 bits per heavy atom. The molecule has 7 heteroatoms. The van der Waals surface area contributed by atoms with Crippen molar-refractivity contribution < 1.29 is 19.1 Å². The minimum Gasteiger partial charge on any atom is -0.465 e. The highest BCUT2D eigenvalue weighted by atomic mass is 16.5. The van der Waals surface area contributed by atoms with E-state index in [9.17, 15) is 9.59 Å². The number of amides is 1. The number of nitrogens with one attached hydrogen (secondary N) is 1. The molecule has 0 aliphatic carbocycles. The number of rotatable bonds is 5. The maximum absolute atomic E-state index is 12.3. The van der Waals surface area contributed by atoms with E-state index in [4.69, 9.17) is 9.47 Å². The van der Waals surface area contributed by atoms with E-state index in [1.54, 1.807) is 18.5 Å². The normalized spacial score (nSPS) is 9.97. The molecule has 0 spiro atoms. The summed E-state index contributed by atoms with van der Waals surface area (Å²) in [7, 11) is 1.29. The second-order valence-electron chi connectivity index (χ2n) is 7.37. The minimum atomic E-state index is -0.685. The lowest BCUT2D eigenvalue weighted by atomic mass is 10.1. The number of hydrogen-bond acceptors (Lipinski definition) is 6. The Hall–Kier alpha value is -4.96. The molecule has 0 atom stereocenters. The van der Waals surface area contributed by atoms with Gasteiger partial charge in [0.25, 0.3) is 0 Å². The van der Waals surface area contributed by atoms with Crippen LogP contribution in [0.3, 0.4) is 0 Å². The summed E-state index contributed by atoms with van der Waals surface area (Å²) < 4.78 is 10.1. The molecule has 0 radical (unpaired) electrons. The van der Waals surface area contributed by atoms with Gasteiger partial charge in [0.1, 0.15) is 12.4 Å². The van der Waals surface area contributed by atoms with Crippen LogP contribution in [0.15, 0.2) is 91.3 Å². The Kier molecular flexibility index (Phi) is 7.46. The van der Waals surface area contributed by atoms with E-state index in [2.05, 4.69) is 27.1 Å². The molecule has 1 N–H and O–H groups in total. The van der Waals surface area contributed by atoms with Crippen molar-refractivity contribution in [3.05, 3.63) is 114 Å².